The number of aryl methyl sites for hydroxylation is 1. The van der Waals surface area contributed by atoms with Crippen molar-refractivity contribution in [3.8, 4) is 0 Å². The molecule has 0 spiro atoms. The fraction of sp³-hybridized carbons (Fsp3) is 0.300. The molecule has 0 aliphatic rings. The summed E-state index contributed by atoms with van der Waals surface area (Å²) in [5.74, 6) is 0. The van der Waals surface area contributed by atoms with Crippen LogP contribution in [0.2, 0.25) is 0 Å². The summed E-state index contributed by atoms with van der Waals surface area (Å²) in [6.07, 6.45) is 1.85. The number of thiophene rings is 1. The zero-order valence-corrected chi connectivity index (χ0v) is 10.4. The van der Waals surface area contributed by atoms with Crippen LogP contribution in [0.1, 0.15) is 19.4 Å². The lowest BCUT2D eigenvalue weighted by atomic mass is 10.3. The van der Waals surface area contributed by atoms with Crippen molar-refractivity contribution in [1.82, 2.24) is 4.98 Å². The van der Waals surface area contributed by atoms with Crippen molar-refractivity contribution >= 4 is 37.5 Å². The molecule has 2 rings (SSSR count). The van der Waals surface area contributed by atoms with Gasteiger partial charge in [0.25, 0.3) is 0 Å². The molecule has 0 amide bonds. The first-order valence-corrected chi connectivity index (χ1v) is 5.94. The van der Waals surface area contributed by atoms with Gasteiger partial charge in [0, 0.05) is 10.7 Å². The highest BCUT2D eigenvalue weighted by atomic mass is 79.9. The van der Waals surface area contributed by atoms with E-state index >= 15 is 0 Å². The number of nitrogens with zero attached hydrogens (tertiary/aromatic N) is 1. The molecule has 2 aromatic rings. The Kier molecular flexibility index (Phi) is 3.88. The molecule has 0 saturated heterocycles. The largest absolute Gasteiger partial charge is 0.254 e. The number of pyridine rings is 1. The summed E-state index contributed by atoms with van der Waals surface area (Å²) in [6.45, 7) is 6.10. The van der Waals surface area contributed by atoms with Gasteiger partial charge in [-0.3, -0.25) is 4.98 Å². The second-order valence-corrected chi connectivity index (χ2v) is 4.14. The van der Waals surface area contributed by atoms with Crippen molar-refractivity contribution in [2.24, 2.45) is 0 Å². The van der Waals surface area contributed by atoms with Crippen LogP contribution >= 0.6 is 27.3 Å². The quantitative estimate of drug-likeness (QED) is 0.682. The Morgan fingerprint density at radius 1 is 1.38 bits per heavy atom. The molecule has 0 aliphatic carbocycles. The molecule has 0 N–H and O–H groups in total. The van der Waals surface area contributed by atoms with Crippen LogP contribution < -0.4 is 0 Å². The number of halogens is 1. The van der Waals surface area contributed by atoms with Crippen molar-refractivity contribution < 1.29 is 0 Å². The molecule has 0 saturated carbocycles. The van der Waals surface area contributed by atoms with E-state index in [0.717, 1.165) is 9.99 Å². The maximum atomic E-state index is 4.27. The first kappa shape index (κ1) is 10.7. The zero-order valence-electron chi connectivity index (χ0n) is 7.97. The van der Waals surface area contributed by atoms with Crippen LogP contribution in [0.5, 0.6) is 0 Å². The maximum absolute atomic E-state index is 4.27. The van der Waals surface area contributed by atoms with Gasteiger partial charge in [0.15, 0.2) is 0 Å². The maximum Gasteiger partial charge on any atom is 0.0813 e. The average molecular weight is 258 g/mol. The van der Waals surface area contributed by atoms with Crippen LogP contribution in [0, 0.1) is 6.92 Å². The van der Waals surface area contributed by atoms with Crippen LogP contribution in [0.3, 0.4) is 0 Å². The van der Waals surface area contributed by atoms with Gasteiger partial charge in [-0.2, -0.15) is 0 Å². The Labute approximate surface area is 90.9 Å². The summed E-state index contributed by atoms with van der Waals surface area (Å²) in [5, 5.41) is 2.07. The summed E-state index contributed by atoms with van der Waals surface area (Å²) in [5.41, 5.74) is 2.38. The molecule has 0 aliphatic heterocycles. The summed E-state index contributed by atoms with van der Waals surface area (Å²) >= 11 is 5.18. The minimum Gasteiger partial charge on any atom is -0.254 e. The van der Waals surface area contributed by atoms with Gasteiger partial charge in [-0.05, 0) is 39.9 Å². The minimum absolute atomic E-state index is 1.09. The van der Waals surface area contributed by atoms with Crippen molar-refractivity contribution in [3.05, 3.63) is 27.7 Å². The van der Waals surface area contributed by atoms with E-state index in [1.54, 1.807) is 11.3 Å². The van der Waals surface area contributed by atoms with Crippen molar-refractivity contribution in [2.75, 3.05) is 0 Å². The third-order valence-electron chi connectivity index (χ3n) is 1.66. The standard InChI is InChI=1S/C8H6BrNS.C2H6/c1-5-6(9)4-10-7-2-3-11-8(5)7;1-2/h2-4H,1H3;1-2H3. The first-order chi connectivity index (χ1) is 6.29. The molecule has 0 aromatic carbocycles. The molecule has 0 fully saturated rings. The van der Waals surface area contributed by atoms with Crippen LogP contribution in [0.4, 0.5) is 0 Å². The molecule has 0 unspecified atom stereocenters. The average Bonchev–Trinajstić information content (AvgIpc) is 2.63. The first-order valence-electron chi connectivity index (χ1n) is 4.27. The van der Waals surface area contributed by atoms with E-state index in [9.17, 15) is 0 Å². The molecule has 0 bridgehead atoms. The van der Waals surface area contributed by atoms with Crippen molar-refractivity contribution in [1.29, 1.82) is 0 Å². The molecular weight excluding hydrogens is 246 g/mol. The van der Waals surface area contributed by atoms with Gasteiger partial charge in [0.05, 0.1) is 10.2 Å². The third-order valence-corrected chi connectivity index (χ3v) is 3.48. The van der Waals surface area contributed by atoms with Crippen molar-refractivity contribution in [3.63, 3.8) is 0 Å². The van der Waals surface area contributed by atoms with E-state index < -0.39 is 0 Å². The lowest BCUT2D eigenvalue weighted by Crippen LogP contribution is -1.78. The van der Waals surface area contributed by atoms with Gasteiger partial charge in [0.2, 0.25) is 0 Å². The normalized spacial score (nSPS) is 9.54. The van der Waals surface area contributed by atoms with E-state index in [2.05, 4.69) is 33.2 Å². The van der Waals surface area contributed by atoms with E-state index in [1.165, 1.54) is 10.3 Å². The molecule has 13 heavy (non-hydrogen) atoms. The van der Waals surface area contributed by atoms with Crippen LogP contribution in [-0.4, -0.2) is 4.98 Å². The fourth-order valence-corrected chi connectivity index (χ4v) is 2.31. The monoisotopic (exact) mass is 257 g/mol. The Bertz CT molecular complexity index is 395. The van der Waals surface area contributed by atoms with Gasteiger partial charge in [-0.15, -0.1) is 11.3 Å². The summed E-state index contributed by atoms with van der Waals surface area (Å²) in [6, 6.07) is 2.04. The van der Waals surface area contributed by atoms with Gasteiger partial charge in [0.1, 0.15) is 0 Å². The van der Waals surface area contributed by atoms with Crippen LogP contribution in [0.25, 0.3) is 10.2 Å². The van der Waals surface area contributed by atoms with Crippen LogP contribution in [-0.2, 0) is 0 Å². The molecule has 3 heteroatoms. The smallest absolute Gasteiger partial charge is 0.0813 e. The van der Waals surface area contributed by atoms with Gasteiger partial charge in [-0.25, -0.2) is 0 Å². The molecular formula is C10H12BrNS. The number of fused-ring (bicyclic) bond motifs is 1. The minimum atomic E-state index is 1.09. The predicted molar refractivity (Wildman–Crippen MR) is 63.4 cm³/mol. The molecule has 0 radical (unpaired) electrons. The highest BCUT2D eigenvalue weighted by molar-refractivity contribution is 9.10. The Hall–Kier alpha value is -0.410. The van der Waals surface area contributed by atoms with E-state index in [1.807, 2.05) is 26.1 Å². The summed E-state index contributed by atoms with van der Waals surface area (Å²) in [7, 11) is 0. The SMILES string of the molecule is CC.Cc1c(Br)cnc2ccsc12. The van der Waals surface area contributed by atoms with E-state index in [0.29, 0.717) is 0 Å². The van der Waals surface area contributed by atoms with E-state index in [4.69, 9.17) is 0 Å². The van der Waals surface area contributed by atoms with Crippen molar-refractivity contribution in [2.45, 2.75) is 20.8 Å². The van der Waals surface area contributed by atoms with Gasteiger partial charge < -0.3 is 0 Å². The van der Waals surface area contributed by atoms with Gasteiger partial charge in [-0.1, -0.05) is 13.8 Å². The Morgan fingerprint density at radius 2 is 2.08 bits per heavy atom. The second kappa shape index (κ2) is 4.72. The predicted octanol–water partition coefficient (Wildman–Crippen LogP) is 4.39. The van der Waals surface area contributed by atoms with Gasteiger partial charge >= 0.3 is 0 Å². The highest BCUT2D eigenvalue weighted by Crippen LogP contribution is 2.27. The Morgan fingerprint density at radius 3 is 2.77 bits per heavy atom. The topological polar surface area (TPSA) is 12.9 Å². The number of hydrogen-bond donors (Lipinski definition) is 0. The number of hydrogen-bond acceptors (Lipinski definition) is 2. The Balaban J connectivity index is 0.000000396. The molecule has 70 valence electrons. The molecule has 1 nitrogen and oxygen atoms in total. The lowest BCUT2D eigenvalue weighted by molar-refractivity contribution is 1.35. The number of aromatic nitrogens is 1. The lowest BCUT2D eigenvalue weighted by Gasteiger charge is -1.96. The molecule has 0 atom stereocenters. The second-order valence-electron chi connectivity index (χ2n) is 2.37. The summed E-state index contributed by atoms with van der Waals surface area (Å²) < 4.78 is 2.37. The number of rotatable bonds is 0. The third kappa shape index (κ3) is 2.09. The fourth-order valence-electron chi connectivity index (χ4n) is 1.02. The molecule has 2 aromatic heterocycles. The molecule has 2 heterocycles. The summed E-state index contributed by atoms with van der Waals surface area (Å²) in [4.78, 5) is 4.27. The van der Waals surface area contributed by atoms with E-state index in [-0.39, 0.29) is 0 Å². The highest BCUT2D eigenvalue weighted by Gasteiger charge is 2.02. The van der Waals surface area contributed by atoms with Crippen LogP contribution in [0.15, 0.2) is 22.1 Å². The zero-order chi connectivity index (χ0) is 9.84.